The summed E-state index contributed by atoms with van der Waals surface area (Å²) < 4.78 is 26.4. The number of thioether (sulfide) groups is 1. The van der Waals surface area contributed by atoms with Crippen molar-refractivity contribution in [2.75, 3.05) is 12.9 Å². The Kier molecular flexibility index (Phi) is 7.93. The van der Waals surface area contributed by atoms with E-state index in [-0.39, 0.29) is 11.1 Å². The molecule has 1 unspecified atom stereocenters. The number of hydrogen-bond acceptors (Lipinski definition) is 6. The van der Waals surface area contributed by atoms with Crippen molar-refractivity contribution >= 4 is 30.5 Å². The molecule has 2 saturated heterocycles. The third-order valence-electron chi connectivity index (χ3n) is 7.34. The average molecular weight is 537 g/mol. The molecule has 2 heterocycles. The van der Waals surface area contributed by atoms with E-state index in [1.54, 1.807) is 0 Å². The van der Waals surface area contributed by atoms with Gasteiger partial charge < -0.3 is 23.7 Å². The van der Waals surface area contributed by atoms with Gasteiger partial charge in [-0.3, -0.25) is 0 Å². The molecule has 3 aromatic rings. The summed E-state index contributed by atoms with van der Waals surface area (Å²) >= 11 is 1.49. The Morgan fingerprint density at radius 2 is 1.38 bits per heavy atom. The first kappa shape index (κ1) is 26.6. The first-order chi connectivity index (χ1) is 17.8. The molecule has 7 heteroatoms. The van der Waals surface area contributed by atoms with Crippen molar-refractivity contribution < 1.29 is 23.7 Å². The lowest BCUT2D eigenvalue weighted by atomic mass is 9.99. The van der Waals surface area contributed by atoms with Gasteiger partial charge in [0, 0.05) is 5.56 Å². The van der Waals surface area contributed by atoms with E-state index in [2.05, 4.69) is 69.3 Å². The summed E-state index contributed by atoms with van der Waals surface area (Å²) in [6.45, 7) is 7.10. The molecule has 0 aromatic heterocycles. The first-order valence-corrected chi connectivity index (χ1v) is 16.0. The molecule has 37 heavy (non-hydrogen) atoms. The fraction of sp³-hybridized carbons (Fsp3) is 0.400. The van der Waals surface area contributed by atoms with E-state index < -0.39 is 38.4 Å². The van der Waals surface area contributed by atoms with Gasteiger partial charge in [0.2, 0.25) is 0 Å². The summed E-state index contributed by atoms with van der Waals surface area (Å²) in [5.41, 5.74) is 0.497. The van der Waals surface area contributed by atoms with E-state index in [9.17, 15) is 5.11 Å². The number of ether oxygens (including phenoxy) is 3. The smallest absolute Gasteiger partial charge is 0.261 e. The van der Waals surface area contributed by atoms with Gasteiger partial charge in [0.15, 0.2) is 6.29 Å². The second kappa shape index (κ2) is 11.0. The zero-order valence-electron chi connectivity index (χ0n) is 21.8. The van der Waals surface area contributed by atoms with E-state index in [0.717, 1.165) is 15.9 Å². The van der Waals surface area contributed by atoms with Crippen LogP contribution in [-0.4, -0.2) is 56.1 Å². The molecule has 2 aliphatic rings. The van der Waals surface area contributed by atoms with Crippen LogP contribution in [0.3, 0.4) is 0 Å². The number of hydrogen-bond donors (Lipinski definition) is 1. The van der Waals surface area contributed by atoms with Crippen molar-refractivity contribution in [1.82, 2.24) is 0 Å². The minimum Gasteiger partial charge on any atom is -0.399 e. The van der Waals surface area contributed by atoms with Gasteiger partial charge in [0.1, 0.15) is 29.9 Å². The van der Waals surface area contributed by atoms with Crippen LogP contribution >= 0.6 is 11.8 Å². The fourth-order valence-corrected chi connectivity index (χ4v) is 11.0. The third kappa shape index (κ3) is 5.06. The fourth-order valence-electron chi connectivity index (χ4n) is 5.57. The predicted molar refractivity (Wildman–Crippen MR) is 151 cm³/mol. The SMILES string of the molecule is CS[C@H]1O[C@@H]2COC(c3ccccc3)O[C@H]2[C@H](O[Si](c2ccccc2)(c2ccccc2)C(C)(C)C)[C@@H]1O. The van der Waals surface area contributed by atoms with Crippen molar-refractivity contribution in [2.45, 2.75) is 62.0 Å². The molecule has 0 bridgehead atoms. The molecule has 5 nitrogen and oxygen atoms in total. The van der Waals surface area contributed by atoms with Crippen LogP contribution in [0, 0.1) is 0 Å². The molecule has 0 radical (unpaired) electrons. The molecule has 2 fully saturated rings. The van der Waals surface area contributed by atoms with Crippen LogP contribution in [0.4, 0.5) is 0 Å². The minimum absolute atomic E-state index is 0.234. The standard InChI is InChI=1S/C30H36O5SSi/c1-30(2,3)37(22-16-10-6-11-17-22,23-18-12-7-13-19-23)35-27-25(31)29(36-4)33-24-20-32-28(34-26(24)27)21-14-8-5-9-15-21/h5-19,24-29,31H,20H2,1-4H3/t24-,25+,26-,27-,28?,29-/m1/s1. The van der Waals surface area contributed by atoms with Crippen LogP contribution in [0.25, 0.3) is 0 Å². The van der Waals surface area contributed by atoms with Crippen molar-refractivity contribution in [1.29, 1.82) is 0 Å². The highest BCUT2D eigenvalue weighted by molar-refractivity contribution is 7.99. The molecule has 5 rings (SSSR count). The minimum atomic E-state index is -2.94. The second-order valence-corrected chi connectivity index (χ2v) is 15.9. The second-order valence-electron chi connectivity index (χ2n) is 10.7. The maximum atomic E-state index is 11.7. The molecule has 3 aromatic carbocycles. The lowest BCUT2D eigenvalue weighted by Gasteiger charge is -2.52. The molecular formula is C30H36O5SSi. The van der Waals surface area contributed by atoms with E-state index in [1.165, 1.54) is 11.8 Å². The highest BCUT2D eigenvalue weighted by Crippen LogP contribution is 2.43. The van der Waals surface area contributed by atoms with E-state index in [4.69, 9.17) is 18.6 Å². The van der Waals surface area contributed by atoms with Crippen LogP contribution in [0.1, 0.15) is 32.6 Å². The van der Waals surface area contributed by atoms with Gasteiger partial charge in [0.25, 0.3) is 8.32 Å². The van der Waals surface area contributed by atoms with Gasteiger partial charge in [-0.15, -0.1) is 11.8 Å². The van der Waals surface area contributed by atoms with E-state index >= 15 is 0 Å². The monoisotopic (exact) mass is 536 g/mol. The first-order valence-electron chi connectivity index (χ1n) is 12.8. The molecule has 6 atom stereocenters. The van der Waals surface area contributed by atoms with Crippen LogP contribution in [-0.2, 0) is 18.6 Å². The lowest BCUT2D eigenvalue weighted by Crippen LogP contribution is -2.72. The molecule has 2 aliphatic heterocycles. The molecule has 0 saturated carbocycles. The Morgan fingerprint density at radius 3 is 1.89 bits per heavy atom. The number of aliphatic hydroxyl groups excluding tert-OH is 1. The van der Waals surface area contributed by atoms with Crippen molar-refractivity contribution in [3.05, 3.63) is 96.6 Å². The van der Waals surface area contributed by atoms with Gasteiger partial charge in [0.05, 0.1) is 6.61 Å². The maximum absolute atomic E-state index is 11.7. The van der Waals surface area contributed by atoms with Crippen LogP contribution in [0.15, 0.2) is 91.0 Å². The molecule has 196 valence electrons. The van der Waals surface area contributed by atoms with E-state index in [0.29, 0.717) is 6.61 Å². The Bertz CT molecular complexity index is 1100. The van der Waals surface area contributed by atoms with Gasteiger partial charge in [-0.1, -0.05) is 112 Å². The third-order valence-corrected chi connectivity index (χ3v) is 13.2. The predicted octanol–water partition coefficient (Wildman–Crippen LogP) is 4.49. The van der Waals surface area contributed by atoms with Gasteiger partial charge in [-0.05, 0) is 21.7 Å². The largest absolute Gasteiger partial charge is 0.399 e. The number of benzene rings is 3. The molecule has 1 N–H and O–H groups in total. The Morgan fingerprint density at radius 1 is 0.838 bits per heavy atom. The number of aliphatic hydroxyl groups is 1. The van der Waals surface area contributed by atoms with Crippen molar-refractivity contribution in [3.8, 4) is 0 Å². The lowest BCUT2D eigenvalue weighted by molar-refractivity contribution is -0.315. The Hall–Kier alpha value is -1.97. The van der Waals surface area contributed by atoms with Gasteiger partial charge >= 0.3 is 0 Å². The Labute approximate surface area is 225 Å². The topological polar surface area (TPSA) is 57.2 Å². The Balaban J connectivity index is 1.60. The quantitative estimate of drug-likeness (QED) is 0.469. The summed E-state index contributed by atoms with van der Waals surface area (Å²) in [4.78, 5) is 0. The van der Waals surface area contributed by atoms with Crippen molar-refractivity contribution in [3.63, 3.8) is 0 Å². The molecule has 0 amide bonds. The van der Waals surface area contributed by atoms with E-state index in [1.807, 2.05) is 48.7 Å². The molecule has 0 spiro atoms. The summed E-state index contributed by atoms with van der Waals surface area (Å²) in [6.07, 6.45) is -0.895. The van der Waals surface area contributed by atoms with Crippen LogP contribution in [0.2, 0.25) is 5.04 Å². The normalized spacial score (nSPS) is 28.5. The summed E-state index contributed by atoms with van der Waals surface area (Å²) in [6, 6.07) is 30.9. The zero-order valence-corrected chi connectivity index (χ0v) is 23.6. The van der Waals surface area contributed by atoms with Gasteiger partial charge in [-0.2, -0.15) is 0 Å². The van der Waals surface area contributed by atoms with Gasteiger partial charge in [-0.25, -0.2) is 0 Å². The highest BCUT2D eigenvalue weighted by atomic mass is 32.2. The average Bonchev–Trinajstić information content (AvgIpc) is 2.93. The zero-order chi connectivity index (χ0) is 26.0. The number of rotatable bonds is 6. The summed E-state index contributed by atoms with van der Waals surface area (Å²) in [5.74, 6) is 0. The summed E-state index contributed by atoms with van der Waals surface area (Å²) in [5, 5.41) is 13.8. The maximum Gasteiger partial charge on any atom is 0.261 e. The van der Waals surface area contributed by atoms with Crippen LogP contribution < -0.4 is 10.4 Å². The van der Waals surface area contributed by atoms with Crippen LogP contribution in [0.5, 0.6) is 0 Å². The number of fused-ring (bicyclic) bond motifs is 1. The molecule has 0 aliphatic carbocycles. The van der Waals surface area contributed by atoms with Crippen molar-refractivity contribution in [2.24, 2.45) is 0 Å². The highest BCUT2D eigenvalue weighted by Gasteiger charge is 2.57. The molecular weight excluding hydrogens is 500 g/mol. The summed E-state index contributed by atoms with van der Waals surface area (Å²) in [7, 11) is -2.94.